The highest BCUT2D eigenvalue weighted by molar-refractivity contribution is 5.93. The van der Waals surface area contributed by atoms with Gasteiger partial charge in [0.05, 0.1) is 0 Å². The summed E-state index contributed by atoms with van der Waals surface area (Å²) in [5.41, 5.74) is 6.14. The standard InChI is InChI=1S/C24H34N2/c1-18-7-5-3-4-6-8-19(15-18)22-17-26-23-10-9-20(16-21(22)23)24(2)11-13-25-14-12-24/h8-10,16-18,25-26H,3-7,11-15H2,1-2H3/b19-8+. The number of fused-ring (bicyclic) bond motifs is 1. The molecule has 2 heterocycles. The lowest BCUT2D eigenvalue weighted by Gasteiger charge is -2.34. The number of nitrogens with one attached hydrogen (secondary N) is 2. The van der Waals surface area contributed by atoms with Gasteiger partial charge in [0.25, 0.3) is 0 Å². The minimum absolute atomic E-state index is 0.314. The van der Waals surface area contributed by atoms with Crippen molar-refractivity contribution in [3.63, 3.8) is 0 Å². The van der Waals surface area contributed by atoms with Crippen LogP contribution in [0.25, 0.3) is 16.5 Å². The summed E-state index contributed by atoms with van der Waals surface area (Å²) in [5.74, 6) is 0.786. The summed E-state index contributed by atoms with van der Waals surface area (Å²) >= 11 is 0. The Hall–Kier alpha value is -1.54. The average molecular weight is 351 g/mol. The van der Waals surface area contributed by atoms with Gasteiger partial charge in [-0.25, -0.2) is 0 Å². The molecule has 0 amide bonds. The Labute approximate surface area is 158 Å². The Morgan fingerprint density at radius 3 is 2.77 bits per heavy atom. The van der Waals surface area contributed by atoms with E-state index in [2.05, 4.69) is 54.6 Å². The molecule has 2 heteroatoms. The lowest BCUT2D eigenvalue weighted by atomic mass is 9.74. The van der Waals surface area contributed by atoms with Crippen LogP contribution >= 0.6 is 0 Å². The molecule has 2 N–H and O–H groups in total. The van der Waals surface area contributed by atoms with Crippen molar-refractivity contribution in [2.75, 3.05) is 13.1 Å². The second kappa shape index (κ2) is 7.60. The third-order valence-corrected chi connectivity index (χ3v) is 6.79. The average Bonchev–Trinajstić information content (AvgIpc) is 3.10. The second-order valence-corrected chi connectivity index (χ2v) is 8.95. The highest BCUT2D eigenvalue weighted by Crippen LogP contribution is 2.37. The third-order valence-electron chi connectivity index (χ3n) is 6.79. The van der Waals surface area contributed by atoms with Gasteiger partial charge in [0.15, 0.2) is 0 Å². The van der Waals surface area contributed by atoms with Crippen molar-refractivity contribution in [2.24, 2.45) is 5.92 Å². The molecule has 1 saturated heterocycles. The largest absolute Gasteiger partial charge is 0.361 e. The van der Waals surface area contributed by atoms with Crippen LogP contribution in [-0.2, 0) is 5.41 Å². The summed E-state index contributed by atoms with van der Waals surface area (Å²) in [6, 6.07) is 7.15. The molecule has 0 radical (unpaired) electrons. The van der Waals surface area contributed by atoms with Crippen molar-refractivity contribution in [3.05, 3.63) is 41.6 Å². The zero-order valence-electron chi connectivity index (χ0n) is 16.5. The van der Waals surface area contributed by atoms with Crippen LogP contribution in [0.15, 0.2) is 30.5 Å². The van der Waals surface area contributed by atoms with Crippen LogP contribution in [0.2, 0.25) is 0 Å². The predicted molar refractivity (Wildman–Crippen MR) is 113 cm³/mol. The molecular formula is C24H34N2. The molecular weight excluding hydrogens is 316 g/mol. The molecule has 1 atom stereocenters. The van der Waals surface area contributed by atoms with E-state index in [1.807, 2.05) is 0 Å². The number of H-pyrrole nitrogens is 1. The van der Waals surface area contributed by atoms with Crippen LogP contribution in [0, 0.1) is 5.92 Å². The van der Waals surface area contributed by atoms with E-state index in [1.54, 1.807) is 5.57 Å². The van der Waals surface area contributed by atoms with Crippen molar-refractivity contribution >= 4 is 16.5 Å². The van der Waals surface area contributed by atoms with Crippen LogP contribution in [-0.4, -0.2) is 18.1 Å². The van der Waals surface area contributed by atoms with Crippen LogP contribution in [0.5, 0.6) is 0 Å². The molecule has 4 rings (SSSR count). The lowest BCUT2D eigenvalue weighted by Crippen LogP contribution is -2.37. The van der Waals surface area contributed by atoms with Gasteiger partial charge < -0.3 is 10.3 Å². The van der Waals surface area contributed by atoms with Gasteiger partial charge in [0.1, 0.15) is 0 Å². The molecule has 2 aromatic rings. The molecule has 1 aromatic heterocycles. The van der Waals surface area contributed by atoms with E-state index in [4.69, 9.17) is 0 Å². The van der Waals surface area contributed by atoms with Gasteiger partial charge in [0, 0.05) is 22.7 Å². The normalized spacial score (nSPS) is 26.5. The van der Waals surface area contributed by atoms with Gasteiger partial charge in [-0.3, -0.25) is 0 Å². The van der Waals surface area contributed by atoms with Gasteiger partial charge in [-0.15, -0.1) is 0 Å². The molecule has 0 saturated carbocycles. The summed E-state index contributed by atoms with van der Waals surface area (Å²) in [4.78, 5) is 3.54. The number of aromatic amines is 1. The van der Waals surface area contributed by atoms with E-state index < -0.39 is 0 Å². The van der Waals surface area contributed by atoms with Gasteiger partial charge >= 0.3 is 0 Å². The third kappa shape index (κ3) is 3.62. The number of benzene rings is 1. The Kier molecular flexibility index (Phi) is 5.22. The zero-order chi connectivity index (χ0) is 18.0. The first-order valence-corrected chi connectivity index (χ1v) is 10.7. The van der Waals surface area contributed by atoms with Gasteiger partial charge in [-0.2, -0.15) is 0 Å². The van der Waals surface area contributed by atoms with Gasteiger partial charge in [0.2, 0.25) is 0 Å². The fourth-order valence-electron chi connectivity index (χ4n) is 4.90. The Bertz CT molecular complexity index is 777. The molecule has 1 aliphatic carbocycles. The fourth-order valence-corrected chi connectivity index (χ4v) is 4.90. The van der Waals surface area contributed by atoms with Crippen molar-refractivity contribution in [1.82, 2.24) is 10.3 Å². The van der Waals surface area contributed by atoms with Crippen LogP contribution in [0.4, 0.5) is 0 Å². The molecule has 0 bridgehead atoms. The number of hydrogen-bond acceptors (Lipinski definition) is 1. The number of hydrogen-bond donors (Lipinski definition) is 2. The maximum Gasteiger partial charge on any atom is 0.0460 e. The van der Waals surface area contributed by atoms with Crippen molar-refractivity contribution in [3.8, 4) is 0 Å². The summed E-state index contributed by atoms with van der Waals surface area (Å²) in [7, 11) is 0. The van der Waals surface area contributed by atoms with E-state index >= 15 is 0 Å². The van der Waals surface area contributed by atoms with Crippen LogP contribution in [0.3, 0.4) is 0 Å². The molecule has 1 aromatic carbocycles. The van der Waals surface area contributed by atoms with E-state index in [0.29, 0.717) is 5.41 Å². The predicted octanol–water partition coefficient (Wildman–Crippen LogP) is 6.18. The van der Waals surface area contributed by atoms with Gasteiger partial charge in [-0.1, -0.05) is 45.3 Å². The Morgan fingerprint density at radius 1 is 1.08 bits per heavy atom. The van der Waals surface area contributed by atoms with Crippen molar-refractivity contribution in [1.29, 1.82) is 0 Å². The minimum atomic E-state index is 0.314. The number of piperidine rings is 1. The minimum Gasteiger partial charge on any atom is -0.361 e. The quantitative estimate of drug-likeness (QED) is 0.664. The van der Waals surface area contributed by atoms with Gasteiger partial charge in [-0.05, 0) is 79.8 Å². The SMILES string of the molecule is CC1CCCCC/C=C(/c2c[nH]c3ccc(C4(C)CCNCC4)cc23)C1. The molecule has 2 nitrogen and oxygen atoms in total. The van der Waals surface area contributed by atoms with E-state index in [-0.39, 0.29) is 0 Å². The van der Waals surface area contributed by atoms with Crippen molar-refractivity contribution in [2.45, 2.75) is 70.6 Å². The summed E-state index contributed by atoms with van der Waals surface area (Å²) < 4.78 is 0. The molecule has 26 heavy (non-hydrogen) atoms. The molecule has 1 aliphatic heterocycles. The molecule has 1 fully saturated rings. The van der Waals surface area contributed by atoms with Crippen molar-refractivity contribution < 1.29 is 0 Å². The van der Waals surface area contributed by atoms with E-state index in [0.717, 1.165) is 19.0 Å². The smallest absolute Gasteiger partial charge is 0.0460 e. The molecule has 1 unspecified atom stereocenters. The topological polar surface area (TPSA) is 27.8 Å². The monoisotopic (exact) mass is 350 g/mol. The molecule has 2 aliphatic rings. The highest BCUT2D eigenvalue weighted by atomic mass is 14.9. The van der Waals surface area contributed by atoms with Crippen LogP contribution < -0.4 is 5.32 Å². The first kappa shape index (κ1) is 17.9. The van der Waals surface area contributed by atoms with E-state index in [1.165, 1.54) is 73.4 Å². The number of allylic oxidation sites excluding steroid dienone is 2. The highest BCUT2D eigenvalue weighted by Gasteiger charge is 2.29. The summed E-state index contributed by atoms with van der Waals surface area (Å²) in [6.07, 6.45) is 15.2. The molecule has 140 valence electrons. The molecule has 0 spiro atoms. The lowest BCUT2D eigenvalue weighted by molar-refractivity contribution is 0.335. The number of rotatable bonds is 2. The first-order chi connectivity index (χ1) is 12.7. The maximum atomic E-state index is 3.54. The zero-order valence-corrected chi connectivity index (χ0v) is 16.5. The summed E-state index contributed by atoms with van der Waals surface area (Å²) in [6.45, 7) is 7.15. The van der Waals surface area contributed by atoms with Crippen LogP contribution in [0.1, 0.15) is 76.3 Å². The number of aromatic nitrogens is 1. The first-order valence-electron chi connectivity index (χ1n) is 10.7. The maximum absolute atomic E-state index is 3.54. The summed E-state index contributed by atoms with van der Waals surface area (Å²) in [5, 5.41) is 4.94. The Morgan fingerprint density at radius 2 is 1.92 bits per heavy atom. The van der Waals surface area contributed by atoms with E-state index in [9.17, 15) is 0 Å². The second-order valence-electron chi connectivity index (χ2n) is 8.95. The Balaban J connectivity index is 1.71. The fraction of sp³-hybridized carbons (Fsp3) is 0.583.